The second-order valence-electron chi connectivity index (χ2n) is 8.00. The SMILES string of the molecule is CC1=C(C(=O)OCCC#N)C(c2ccccc2[N+](=O)[O-])C(C(=O)OC(C)(C)C)=C(C)N1. The molecule has 0 aliphatic carbocycles. The van der Waals surface area contributed by atoms with E-state index >= 15 is 0 Å². The molecule has 1 aromatic rings. The average Bonchev–Trinajstić information content (AvgIpc) is 2.65. The number of dihydropyridines is 1. The van der Waals surface area contributed by atoms with E-state index in [4.69, 9.17) is 14.7 Å². The van der Waals surface area contributed by atoms with E-state index in [2.05, 4.69) is 5.32 Å². The van der Waals surface area contributed by atoms with Crippen molar-refractivity contribution in [2.75, 3.05) is 6.61 Å². The van der Waals surface area contributed by atoms with Gasteiger partial charge in [0, 0.05) is 23.0 Å². The molecule has 1 unspecified atom stereocenters. The fourth-order valence-electron chi connectivity index (χ4n) is 3.34. The number of rotatable bonds is 6. The van der Waals surface area contributed by atoms with Crippen molar-refractivity contribution < 1.29 is 24.0 Å². The normalized spacial score (nSPS) is 16.3. The molecule has 0 amide bonds. The lowest BCUT2D eigenvalue weighted by Gasteiger charge is -2.31. The number of carbonyl (C=O) groups excluding carboxylic acids is 2. The van der Waals surface area contributed by atoms with Crippen LogP contribution >= 0.6 is 0 Å². The lowest BCUT2D eigenvalue weighted by Crippen LogP contribution is -2.35. The topological polar surface area (TPSA) is 132 Å². The van der Waals surface area contributed by atoms with Crippen LogP contribution in [-0.4, -0.2) is 29.1 Å². The molecule has 1 aromatic carbocycles. The molecule has 2 rings (SSSR count). The molecule has 1 heterocycles. The summed E-state index contributed by atoms with van der Waals surface area (Å²) in [6.45, 7) is 8.24. The van der Waals surface area contributed by atoms with Crippen molar-refractivity contribution in [3.8, 4) is 6.07 Å². The number of ether oxygens (including phenoxy) is 2. The first-order valence-corrected chi connectivity index (χ1v) is 9.67. The van der Waals surface area contributed by atoms with Gasteiger partial charge in [-0.05, 0) is 34.6 Å². The Hall–Kier alpha value is -3.67. The Bertz CT molecular complexity index is 1010. The van der Waals surface area contributed by atoms with Crippen molar-refractivity contribution in [1.29, 1.82) is 5.26 Å². The summed E-state index contributed by atoms with van der Waals surface area (Å²) in [4.78, 5) is 37.2. The zero-order chi connectivity index (χ0) is 23.3. The summed E-state index contributed by atoms with van der Waals surface area (Å²) in [7, 11) is 0. The summed E-state index contributed by atoms with van der Waals surface area (Å²) < 4.78 is 10.7. The summed E-state index contributed by atoms with van der Waals surface area (Å²) in [5.74, 6) is -2.54. The summed E-state index contributed by atoms with van der Waals surface area (Å²) in [5.41, 5.74) is 0.0691. The maximum absolute atomic E-state index is 13.1. The molecule has 1 aliphatic heterocycles. The van der Waals surface area contributed by atoms with Crippen molar-refractivity contribution in [2.45, 2.75) is 52.6 Å². The summed E-state index contributed by atoms with van der Waals surface area (Å²) >= 11 is 0. The molecule has 9 nitrogen and oxygen atoms in total. The van der Waals surface area contributed by atoms with Crippen LogP contribution in [0.1, 0.15) is 52.5 Å². The van der Waals surface area contributed by atoms with Crippen LogP contribution in [0.2, 0.25) is 0 Å². The molecule has 0 bridgehead atoms. The van der Waals surface area contributed by atoms with Gasteiger partial charge < -0.3 is 14.8 Å². The van der Waals surface area contributed by atoms with Crippen LogP contribution in [-0.2, 0) is 19.1 Å². The maximum Gasteiger partial charge on any atom is 0.337 e. The van der Waals surface area contributed by atoms with Crippen molar-refractivity contribution in [3.63, 3.8) is 0 Å². The second-order valence-corrected chi connectivity index (χ2v) is 8.00. The first-order chi connectivity index (χ1) is 14.5. The molecule has 31 heavy (non-hydrogen) atoms. The molecule has 1 N–H and O–H groups in total. The minimum Gasteiger partial charge on any atom is -0.461 e. The van der Waals surface area contributed by atoms with Gasteiger partial charge in [0.1, 0.15) is 12.2 Å². The molecule has 0 radical (unpaired) electrons. The molecule has 9 heteroatoms. The van der Waals surface area contributed by atoms with Crippen LogP contribution < -0.4 is 5.32 Å². The molecule has 164 valence electrons. The minimum atomic E-state index is -1.08. The minimum absolute atomic E-state index is 0.00453. The average molecular weight is 427 g/mol. The number of hydrogen-bond donors (Lipinski definition) is 1. The molecular formula is C22H25N3O6. The molecule has 0 saturated carbocycles. The zero-order valence-electron chi connectivity index (χ0n) is 18.1. The standard InChI is InChI=1S/C22H25N3O6/c1-13-17(20(26)30-12-8-11-23)19(15-9-6-7-10-16(15)25(28)29)18(14(2)24-13)21(27)31-22(3,4)5/h6-7,9-10,19,24H,8,12H2,1-5H3. The van der Waals surface area contributed by atoms with Gasteiger partial charge in [0.25, 0.3) is 5.69 Å². The Kier molecular flexibility index (Phi) is 7.18. The highest BCUT2D eigenvalue weighted by Gasteiger charge is 2.41. The van der Waals surface area contributed by atoms with Crippen LogP contribution in [0.3, 0.4) is 0 Å². The first-order valence-electron chi connectivity index (χ1n) is 9.67. The van der Waals surface area contributed by atoms with Gasteiger partial charge in [-0.2, -0.15) is 5.26 Å². The van der Waals surface area contributed by atoms with Crippen molar-refractivity contribution >= 4 is 17.6 Å². The van der Waals surface area contributed by atoms with E-state index in [1.54, 1.807) is 40.7 Å². The van der Waals surface area contributed by atoms with Crippen LogP contribution in [0.5, 0.6) is 0 Å². The van der Waals surface area contributed by atoms with Crippen LogP contribution in [0, 0.1) is 21.4 Å². The Morgan fingerprint density at radius 2 is 1.74 bits per heavy atom. The van der Waals surface area contributed by atoms with E-state index in [-0.39, 0.29) is 35.4 Å². The van der Waals surface area contributed by atoms with Gasteiger partial charge in [-0.1, -0.05) is 18.2 Å². The van der Waals surface area contributed by atoms with E-state index in [1.807, 2.05) is 6.07 Å². The maximum atomic E-state index is 13.1. The number of benzene rings is 1. The van der Waals surface area contributed by atoms with Gasteiger partial charge in [0.15, 0.2) is 0 Å². The van der Waals surface area contributed by atoms with Crippen LogP contribution in [0.15, 0.2) is 46.8 Å². The summed E-state index contributed by atoms with van der Waals surface area (Å²) in [6, 6.07) is 7.80. The lowest BCUT2D eigenvalue weighted by atomic mass is 9.79. The molecule has 0 fully saturated rings. The van der Waals surface area contributed by atoms with Gasteiger partial charge >= 0.3 is 11.9 Å². The van der Waals surface area contributed by atoms with Crippen molar-refractivity contribution in [1.82, 2.24) is 5.32 Å². The number of nitro benzene ring substituents is 1. The third-order valence-electron chi connectivity index (χ3n) is 4.49. The highest BCUT2D eigenvalue weighted by atomic mass is 16.6. The van der Waals surface area contributed by atoms with E-state index in [0.29, 0.717) is 11.4 Å². The third-order valence-corrected chi connectivity index (χ3v) is 4.49. The largest absolute Gasteiger partial charge is 0.461 e. The number of hydrogen-bond acceptors (Lipinski definition) is 8. The van der Waals surface area contributed by atoms with E-state index in [1.165, 1.54) is 18.2 Å². The highest BCUT2D eigenvalue weighted by Crippen LogP contribution is 2.42. The number of nitrogens with zero attached hydrogens (tertiary/aromatic N) is 2. The Labute approximate surface area is 180 Å². The smallest absolute Gasteiger partial charge is 0.337 e. The van der Waals surface area contributed by atoms with Crippen LogP contribution in [0.4, 0.5) is 5.69 Å². The molecule has 0 spiro atoms. The van der Waals surface area contributed by atoms with Crippen molar-refractivity contribution in [3.05, 3.63) is 62.5 Å². The summed E-state index contributed by atoms with van der Waals surface area (Å²) in [5, 5.41) is 23.4. The van der Waals surface area contributed by atoms with Crippen molar-refractivity contribution in [2.24, 2.45) is 0 Å². The number of nitriles is 1. The van der Waals surface area contributed by atoms with Gasteiger partial charge in [-0.3, -0.25) is 10.1 Å². The highest BCUT2D eigenvalue weighted by molar-refractivity contribution is 6.00. The Morgan fingerprint density at radius 1 is 1.16 bits per heavy atom. The number of esters is 2. The lowest BCUT2D eigenvalue weighted by molar-refractivity contribution is -0.385. The Morgan fingerprint density at radius 3 is 2.29 bits per heavy atom. The first kappa shape index (κ1) is 23.6. The predicted octanol–water partition coefficient (Wildman–Crippen LogP) is 3.63. The third kappa shape index (κ3) is 5.48. The fraction of sp³-hybridized carbons (Fsp3) is 0.409. The monoisotopic (exact) mass is 427 g/mol. The molecule has 0 saturated heterocycles. The predicted molar refractivity (Wildman–Crippen MR) is 111 cm³/mol. The van der Waals surface area contributed by atoms with E-state index in [9.17, 15) is 19.7 Å². The number of para-hydroxylation sites is 1. The molecule has 1 atom stereocenters. The molecular weight excluding hydrogens is 402 g/mol. The number of allylic oxidation sites excluding steroid dienone is 2. The van der Waals surface area contributed by atoms with E-state index < -0.39 is 28.4 Å². The quantitative estimate of drug-likeness (QED) is 0.315. The second kappa shape index (κ2) is 9.43. The molecule has 1 aliphatic rings. The Balaban J connectivity index is 2.69. The number of nitrogens with one attached hydrogen (secondary N) is 1. The summed E-state index contributed by atoms with van der Waals surface area (Å²) in [6.07, 6.45) is -0.00453. The van der Waals surface area contributed by atoms with Gasteiger partial charge in [0.05, 0.1) is 34.5 Å². The van der Waals surface area contributed by atoms with Gasteiger partial charge in [-0.15, -0.1) is 0 Å². The number of carbonyl (C=O) groups is 2. The number of nitro groups is 1. The molecule has 0 aromatic heterocycles. The van der Waals surface area contributed by atoms with Gasteiger partial charge in [0.2, 0.25) is 0 Å². The fourth-order valence-corrected chi connectivity index (χ4v) is 3.34. The van der Waals surface area contributed by atoms with Crippen LogP contribution in [0.25, 0.3) is 0 Å². The van der Waals surface area contributed by atoms with Gasteiger partial charge in [-0.25, -0.2) is 9.59 Å². The van der Waals surface area contributed by atoms with E-state index in [0.717, 1.165) is 0 Å². The zero-order valence-corrected chi connectivity index (χ0v) is 18.1.